The summed E-state index contributed by atoms with van der Waals surface area (Å²) in [5, 5.41) is 9.13. The van der Waals surface area contributed by atoms with E-state index in [4.69, 9.17) is 9.47 Å². The number of hydrogen-bond acceptors (Lipinski definition) is 5. The molecule has 0 spiro atoms. The van der Waals surface area contributed by atoms with Crippen LogP contribution in [-0.4, -0.2) is 48.4 Å². The Kier molecular flexibility index (Phi) is 11.8. The van der Waals surface area contributed by atoms with Crippen LogP contribution in [0.15, 0.2) is 23.3 Å². The van der Waals surface area contributed by atoms with Crippen LogP contribution in [0.25, 0.3) is 0 Å². The summed E-state index contributed by atoms with van der Waals surface area (Å²) in [6, 6.07) is 3.90. The molecule has 0 saturated heterocycles. The van der Waals surface area contributed by atoms with Crippen molar-refractivity contribution in [3.8, 4) is 5.88 Å². The van der Waals surface area contributed by atoms with E-state index in [1.165, 1.54) is 12.8 Å². The fourth-order valence-electron chi connectivity index (χ4n) is 2.96. The van der Waals surface area contributed by atoms with E-state index in [0.717, 1.165) is 24.9 Å². The molecule has 1 amide bonds. The van der Waals surface area contributed by atoms with E-state index < -0.39 is 11.7 Å². The van der Waals surface area contributed by atoms with Gasteiger partial charge in [-0.15, -0.1) is 24.0 Å². The highest BCUT2D eigenvalue weighted by Gasteiger charge is 2.17. The van der Waals surface area contributed by atoms with E-state index >= 15 is 0 Å². The summed E-state index contributed by atoms with van der Waals surface area (Å²) in [5.41, 5.74) is 0.538. The number of carbonyl (C=O) groups is 1. The van der Waals surface area contributed by atoms with Crippen LogP contribution < -0.4 is 20.7 Å². The van der Waals surface area contributed by atoms with Gasteiger partial charge in [-0.05, 0) is 65.0 Å². The van der Waals surface area contributed by atoms with Crippen LogP contribution in [0.4, 0.5) is 4.79 Å². The third-order valence-electron chi connectivity index (χ3n) is 4.24. The lowest BCUT2D eigenvalue weighted by Gasteiger charge is -2.19. The minimum atomic E-state index is -0.501. The number of halogens is 1. The number of pyridine rings is 1. The number of nitrogens with zero attached hydrogens (tertiary/aromatic N) is 2. The molecular weight excluding hydrogens is 497 g/mol. The summed E-state index contributed by atoms with van der Waals surface area (Å²) in [4.78, 5) is 20.6. The smallest absolute Gasteiger partial charge is 0.407 e. The summed E-state index contributed by atoms with van der Waals surface area (Å²) in [6.45, 7) is 9.76. The maximum Gasteiger partial charge on any atom is 0.407 e. The van der Waals surface area contributed by atoms with Gasteiger partial charge in [0.15, 0.2) is 5.96 Å². The lowest BCUT2D eigenvalue weighted by molar-refractivity contribution is 0.0529. The molecule has 1 heterocycles. The first-order valence-electron chi connectivity index (χ1n) is 10.5. The van der Waals surface area contributed by atoms with Gasteiger partial charge in [-0.1, -0.05) is 0 Å². The second-order valence-corrected chi connectivity index (χ2v) is 8.08. The largest absolute Gasteiger partial charge is 0.474 e. The van der Waals surface area contributed by atoms with Crippen molar-refractivity contribution in [1.29, 1.82) is 0 Å². The number of alkyl carbamates (subject to hydrolysis) is 1. The Bertz CT molecular complexity index is 673. The van der Waals surface area contributed by atoms with Crippen molar-refractivity contribution in [2.45, 2.75) is 71.6 Å². The van der Waals surface area contributed by atoms with Crippen molar-refractivity contribution in [1.82, 2.24) is 20.9 Å². The van der Waals surface area contributed by atoms with Gasteiger partial charge >= 0.3 is 6.09 Å². The van der Waals surface area contributed by atoms with Crippen molar-refractivity contribution in [2.24, 2.45) is 4.99 Å². The van der Waals surface area contributed by atoms with Gasteiger partial charge in [-0.3, -0.25) is 0 Å². The quantitative estimate of drug-likeness (QED) is 0.205. The van der Waals surface area contributed by atoms with Gasteiger partial charge in [0.25, 0.3) is 0 Å². The molecule has 0 bridgehead atoms. The number of carbonyl (C=O) groups excluding carboxylic acids is 1. The first kappa shape index (κ1) is 26.3. The number of nitrogens with one attached hydrogen (secondary N) is 3. The predicted molar refractivity (Wildman–Crippen MR) is 130 cm³/mol. The summed E-state index contributed by atoms with van der Waals surface area (Å²) in [7, 11) is 0. The molecule has 1 aliphatic carbocycles. The Labute approximate surface area is 197 Å². The van der Waals surface area contributed by atoms with Gasteiger partial charge in [0.05, 0.1) is 6.54 Å². The molecule has 3 N–H and O–H groups in total. The standard InChI is InChI=1S/C21H35N5O3.HI/c1-5-22-19(24-12-13-25-20(27)29-21(2,3)4)26-15-16-10-11-23-18(14-16)28-17-8-6-7-9-17;/h10-11,14,17H,5-9,12-13,15H2,1-4H3,(H,25,27)(H2,22,24,26);1H. The molecule has 170 valence electrons. The first-order chi connectivity index (χ1) is 13.9. The molecule has 1 aromatic rings. The molecule has 0 radical (unpaired) electrons. The Morgan fingerprint density at radius 3 is 2.57 bits per heavy atom. The van der Waals surface area contributed by atoms with Gasteiger partial charge in [-0.25, -0.2) is 14.8 Å². The summed E-state index contributed by atoms with van der Waals surface area (Å²) >= 11 is 0. The number of ether oxygens (including phenoxy) is 2. The molecule has 0 unspecified atom stereocenters. The second kappa shape index (κ2) is 13.5. The number of hydrogen-bond donors (Lipinski definition) is 3. The van der Waals surface area contributed by atoms with Crippen molar-refractivity contribution in [2.75, 3.05) is 19.6 Å². The van der Waals surface area contributed by atoms with E-state index in [1.54, 1.807) is 6.20 Å². The third kappa shape index (κ3) is 10.8. The van der Waals surface area contributed by atoms with Crippen LogP contribution in [0.1, 0.15) is 58.9 Å². The molecule has 9 heteroatoms. The van der Waals surface area contributed by atoms with Crippen LogP contribution in [0.3, 0.4) is 0 Å². The zero-order valence-electron chi connectivity index (χ0n) is 18.5. The maximum absolute atomic E-state index is 11.7. The number of rotatable bonds is 8. The van der Waals surface area contributed by atoms with Crippen LogP contribution in [0.5, 0.6) is 5.88 Å². The highest BCUT2D eigenvalue weighted by molar-refractivity contribution is 14.0. The molecule has 1 fully saturated rings. The highest BCUT2D eigenvalue weighted by Crippen LogP contribution is 2.23. The van der Waals surface area contributed by atoms with Crippen LogP contribution in [-0.2, 0) is 11.3 Å². The Morgan fingerprint density at radius 2 is 1.90 bits per heavy atom. The molecule has 1 saturated carbocycles. The van der Waals surface area contributed by atoms with Gasteiger partial charge in [0.1, 0.15) is 11.7 Å². The van der Waals surface area contributed by atoms with Crippen LogP contribution in [0.2, 0.25) is 0 Å². The van der Waals surface area contributed by atoms with Gasteiger partial charge < -0.3 is 25.4 Å². The number of guanidine groups is 1. The molecule has 1 aliphatic rings. The molecule has 2 rings (SSSR count). The van der Waals surface area contributed by atoms with E-state index in [1.807, 2.05) is 39.8 Å². The fraction of sp³-hybridized carbons (Fsp3) is 0.667. The molecule has 0 atom stereocenters. The monoisotopic (exact) mass is 533 g/mol. The minimum absolute atomic E-state index is 0. The first-order valence-corrected chi connectivity index (χ1v) is 10.5. The van der Waals surface area contributed by atoms with Gasteiger partial charge in [0.2, 0.25) is 5.88 Å². The summed E-state index contributed by atoms with van der Waals surface area (Å²) in [6.07, 6.45) is 6.31. The second-order valence-electron chi connectivity index (χ2n) is 8.08. The molecule has 0 aromatic carbocycles. The Balaban J connectivity index is 0.00000450. The van der Waals surface area contributed by atoms with Crippen molar-refractivity contribution in [3.05, 3.63) is 23.9 Å². The normalized spacial score (nSPS) is 14.6. The lowest BCUT2D eigenvalue weighted by atomic mass is 10.2. The number of aromatic nitrogens is 1. The molecular formula is C21H36IN5O3. The lowest BCUT2D eigenvalue weighted by Crippen LogP contribution is -2.42. The summed E-state index contributed by atoms with van der Waals surface area (Å²) < 4.78 is 11.2. The highest BCUT2D eigenvalue weighted by atomic mass is 127. The maximum atomic E-state index is 11.7. The van der Waals surface area contributed by atoms with Crippen LogP contribution in [0, 0.1) is 0 Å². The molecule has 1 aromatic heterocycles. The Hall–Kier alpha value is -1.78. The van der Waals surface area contributed by atoms with Crippen molar-refractivity contribution >= 4 is 36.0 Å². The molecule has 30 heavy (non-hydrogen) atoms. The van der Waals surface area contributed by atoms with E-state index in [9.17, 15) is 4.79 Å². The van der Waals surface area contributed by atoms with Crippen LogP contribution >= 0.6 is 24.0 Å². The number of aliphatic imine (C=N–C) groups is 1. The average molecular weight is 533 g/mol. The Morgan fingerprint density at radius 1 is 1.20 bits per heavy atom. The van der Waals surface area contributed by atoms with Gasteiger partial charge in [-0.2, -0.15) is 0 Å². The zero-order valence-corrected chi connectivity index (χ0v) is 20.8. The van der Waals surface area contributed by atoms with Crippen molar-refractivity contribution in [3.63, 3.8) is 0 Å². The molecule has 8 nitrogen and oxygen atoms in total. The SMILES string of the molecule is CCNC(=NCc1ccnc(OC2CCCC2)c1)NCCNC(=O)OC(C)(C)C.I. The van der Waals surface area contributed by atoms with Crippen molar-refractivity contribution < 1.29 is 14.3 Å². The average Bonchev–Trinajstić information content (AvgIpc) is 3.15. The topological polar surface area (TPSA) is 96.9 Å². The predicted octanol–water partition coefficient (Wildman–Crippen LogP) is 3.60. The zero-order chi connectivity index (χ0) is 21.1. The van der Waals surface area contributed by atoms with E-state index in [0.29, 0.717) is 31.5 Å². The van der Waals surface area contributed by atoms with Gasteiger partial charge in [0, 0.05) is 31.9 Å². The minimum Gasteiger partial charge on any atom is -0.474 e. The fourth-order valence-corrected chi connectivity index (χ4v) is 2.96. The third-order valence-corrected chi connectivity index (χ3v) is 4.24. The van der Waals surface area contributed by atoms with E-state index in [2.05, 4.69) is 25.9 Å². The number of amides is 1. The summed E-state index contributed by atoms with van der Waals surface area (Å²) in [5.74, 6) is 1.36. The molecule has 0 aliphatic heterocycles. The van der Waals surface area contributed by atoms with E-state index in [-0.39, 0.29) is 30.1 Å².